The van der Waals surface area contributed by atoms with Gasteiger partial charge in [-0.1, -0.05) is 30.3 Å². The number of aromatic nitrogens is 1. The molecule has 26 heavy (non-hydrogen) atoms. The van der Waals surface area contributed by atoms with Gasteiger partial charge in [-0.25, -0.2) is 12.8 Å². The number of fused-ring (bicyclic) bond motifs is 1. The highest BCUT2D eigenvalue weighted by atomic mass is 32.2. The number of hydrogen-bond acceptors (Lipinski definition) is 2. The number of aromatic amines is 1. The molecule has 4 nitrogen and oxygen atoms in total. The standard InChI is InChI=1S/C20H15FN2O2S/c21-17-6-1-14(2-7-17)15-4-9-19(10-5-15)26(24,25)23-18-8-3-16-11-12-22-20(16)13-18/h1-13,22-23H. The van der Waals surface area contributed by atoms with E-state index in [1.165, 1.54) is 24.3 Å². The van der Waals surface area contributed by atoms with E-state index in [2.05, 4.69) is 9.71 Å². The van der Waals surface area contributed by atoms with Crippen LogP contribution < -0.4 is 4.72 Å². The summed E-state index contributed by atoms with van der Waals surface area (Å²) in [5.41, 5.74) is 2.98. The number of nitrogens with one attached hydrogen (secondary N) is 2. The second-order valence-corrected chi connectivity index (χ2v) is 7.60. The number of halogens is 1. The monoisotopic (exact) mass is 366 g/mol. The molecular weight excluding hydrogens is 351 g/mol. The fourth-order valence-corrected chi connectivity index (χ4v) is 3.84. The highest BCUT2D eigenvalue weighted by Crippen LogP contribution is 2.24. The van der Waals surface area contributed by atoms with Crippen molar-refractivity contribution in [1.82, 2.24) is 4.98 Å². The van der Waals surface area contributed by atoms with Crippen LogP contribution in [0.2, 0.25) is 0 Å². The zero-order valence-electron chi connectivity index (χ0n) is 13.6. The summed E-state index contributed by atoms with van der Waals surface area (Å²) in [6.07, 6.45) is 1.80. The molecule has 2 N–H and O–H groups in total. The molecule has 1 heterocycles. The van der Waals surface area contributed by atoms with E-state index in [0.717, 1.165) is 22.0 Å². The van der Waals surface area contributed by atoms with E-state index in [9.17, 15) is 12.8 Å². The summed E-state index contributed by atoms with van der Waals surface area (Å²) in [5, 5.41) is 1.01. The summed E-state index contributed by atoms with van der Waals surface area (Å²) in [7, 11) is -3.69. The van der Waals surface area contributed by atoms with Crippen molar-refractivity contribution in [3.05, 3.63) is 84.8 Å². The van der Waals surface area contributed by atoms with Gasteiger partial charge in [0.05, 0.1) is 10.6 Å². The quantitative estimate of drug-likeness (QED) is 0.546. The zero-order chi connectivity index (χ0) is 18.1. The minimum atomic E-state index is -3.69. The molecule has 0 aliphatic heterocycles. The first kappa shape index (κ1) is 16.4. The molecule has 4 aromatic rings. The van der Waals surface area contributed by atoms with Crippen LogP contribution in [0.25, 0.3) is 22.0 Å². The van der Waals surface area contributed by atoms with Gasteiger partial charge in [0.2, 0.25) is 0 Å². The fourth-order valence-electron chi connectivity index (χ4n) is 2.79. The van der Waals surface area contributed by atoms with Gasteiger partial charge in [0.25, 0.3) is 10.0 Å². The fraction of sp³-hybridized carbons (Fsp3) is 0. The number of rotatable bonds is 4. The number of anilines is 1. The second kappa shape index (κ2) is 6.31. The summed E-state index contributed by atoms with van der Waals surface area (Å²) in [5.74, 6) is -0.309. The first-order valence-corrected chi connectivity index (χ1v) is 9.46. The van der Waals surface area contributed by atoms with E-state index in [0.29, 0.717) is 5.69 Å². The lowest BCUT2D eigenvalue weighted by Crippen LogP contribution is -2.12. The topological polar surface area (TPSA) is 62.0 Å². The Bertz CT molecular complexity index is 1160. The largest absolute Gasteiger partial charge is 0.361 e. The Hall–Kier alpha value is -3.12. The van der Waals surface area contributed by atoms with Crippen molar-refractivity contribution in [3.8, 4) is 11.1 Å². The van der Waals surface area contributed by atoms with Crippen molar-refractivity contribution >= 4 is 26.6 Å². The molecule has 0 saturated carbocycles. The Kier molecular flexibility index (Phi) is 3.97. The van der Waals surface area contributed by atoms with E-state index < -0.39 is 10.0 Å². The van der Waals surface area contributed by atoms with Crippen LogP contribution in [0.4, 0.5) is 10.1 Å². The van der Waals surface area contributed by atoms with Crippen LogP contribution in [0.1, 0.15) is 0 Å². The van der Waals surface area contributed by atoms with E-state index in [4.69, 9.17) is 0 Å². The lowest BCUT2D eigenvalue weighted by atomic mass is 10.1. The van der Waals surface area contributed by atoms with Crippen LogP contribution in [0.3, 0.4) is 0 Å². The number of sulfonamides is 1. The third kappa shape index (κ3) is 3.19. The van der Waals surface area contributed by atoms with Gasteiger partial charge < -0.3 is 4.98 Å². The minimum absolute atomic E-state index is 0.162. The predicted octanol–water partition coefficient (Wildman–Crippen LogP) is 4.77. The van der Waals surface area contributed by atoms with Gasteiger partial charge in [-0.2, -0.15) is 0 Å². The summed E-state index contributed by atoms with van der Waals surface area (Å²) < 4.78 is 40.8. The van der Waals surface area contributed by atoms with Gasteiger partial charge >= 0.3 is 0 Å². The lowest BCUT2D eigenvalue weighted by molar-refractivity contribution is 0.601. The van der Waals surface area contributed by atoms with E-state index >= 15 is 0 Å². The zero-order valence-corrected chi connectivity index (χ0v) is 14.4. The molecule has 0 amide bonds. The predicted molar refractivity (Wildman–Crippen MR) is 101 cm³/mol. The van der Waals surface area contributed by atoms with Gasteiger partial charge in [-0.05, 0) is 59.0 Å². The molecule has 0 bridgehead atoms. The minimum Gasteiger partial charge on any atom is -0.361 e. The summed E-state index contributed by atoms with van der Waals surface area (Å²) in [6, 6.07) is 19.8. The Balaban J connectivity index is 1.59. The molecule has 0 saturated heterocycles. The smallest absolute Gasteiger partial charge is 0.261 e. The van der Waals surface area contributed by atoms with Crippen LogP contribution >= 0.6 is 0 Å². The third-order valence-corrected chi connectivity index (χ3v) is 5.55. The summed E-state index contributed by atoms with van der Waals surface area (Å²) in [6.45, 7) is 0. The highest BCUT2D eigenvalue weighted by molar-refractivity contribution is 7.92. The molecule has 0 atom stereocenters. The van der Waals surface area contributed by atoms with Crippen molar-refractivity contribution in [2.75, 3.05) is 4.72 Å². The molecule has 0 spiro atoms. The van der Waals surface area contributed by atoms with Gasteiger partial charge in [0.15, 0.2) is 0 Å². The maximum absolute atomic E-state index is 13.0. The second-order valence-electron chi connectivity index (χ2n) is 5.92. The van der Waals surface area contributed by atoms with Crippen LogP contribution in [0.5, 0.6) is 0 Å². The molecule has 6 heteroatoms. The first-order valence-electron chi connectivity index (χ1n) is 7.97. The molecule has 0 aliphatic rings. The normalized spacial score (nSPS) is 11.6. The van der Waals surface area contributed by atoms with Gasteiger partial charge in [0, 0.05) is 11.7 Å². The molecule has 0 radical (unpaired) electrons. The Morgan fingerprint density at radius 3 is 2.15 bits per heavy atom. The van der Waals surface area contributed by atoms with Crippen LogP contribution in [-0.4, -0.2) is 13.4 Å². The Morgan fingerprint density at radius 2 is 1.46 bits per heavy atom. The summed E-state index contributed by atoms with van der Waals surface area (Å²) >= 11 is 0. The highest BCUT2D eigenvalue weighted by Gasteiger charge is 2.14. The molecule has 130 valence electrons. The van der Waals surface area contributed by atoms with E-state index in [-0.39, 0.29) is 10.7 Å². The number of H-pyrrole nitrogens is 1. The van der Waals surface area contributed by atoms with Gasteiger partial charge in [0.1, 0.15) is 5.82 Å². The average Bonchev–Trinajstić information content (AvgIpc) is 3.10. The molecule has 0 aliphatic carbocycles. The van der Waals surface area contributed by atoms with Gasteiger partial charge in [-0.15, -0.1) is 0 Å². The SMILES string of the molecule is O=S(=O)(Nc1ccc2cc[nH]c2c1)c1ccc(-c2ccc(F)cc2)cc1. The van der Waals surface area contributed by atoms with Gasteiger partial charge in [-0.3, -0.25) is 4.72 Å². The molecule has 0 fully saturated rings. The Labute approximate surface area is 150 Å². The first-order chi connectivity index (χ1) is 12.5. The number of benzene rings is 3. The lowest BCUT2D eigenvalue weighted by Gasteiger charge is -2.09. The van der Waals surface area contributed by atoms with Crippen molar-refractivity contribution in [1.29, 1.82) is 0 Å². The molecular formula is C20H15FN2O2S. The maximum atomic E-state index is 13.0. The van der Waals surface area contributed by atoms with Crippen molar-refractivity contribution in [2.45, 2.75) is 4.90 Å². The van der Waals surface area contributed by atoms with Crippen molar-refractivity contribution in [3.63, 3.8) is 0 Å². The number of hydrogen-bond donors (Lipinski definition) is 2. The van der Waals surface area contributed by atoms with Crippen LogP contribution in [0.15, 0.2) is 83.9 Å². The van der Waals surface area contributed by atoms with Crippen molar-refractivity contribution < 1.29 is 12.8 Å². The molecule has 4 rings (SSSR count). The molecule has 3 aromatic carbocycles. The van der Waals surface area contributed by atoms with Crippen LogP contribution in [-0.2, 0) is 10.0 Å². The van der Waals surface area contributed by atoms with Crippen molar-refractivity contribution in [2.24, 2.45) is 0 Å². The average molecular weight is 366 g/mol. The summed E-state index contributed by atoms with van der Waals surface area (Å²) in [4.78, 5) is 3.22. The third-order valence-electron chi connectivity index (χ3n) is 4.15. The van der Waals surface area contributed by atoms with Crippen LogP contribution in [0, 0.1) is 5.82 Å². The van der Waals surface area contributed by atoms with E-state index in [1.807, 2.05) is 12.1 Å². The molecule has 0 unspecified atom stereocenters. The maximum Gasteiger partial charge on any atom is 0.261 e. The Morgan fingerprint density at radius 1 is 0.808 bits per heavy atom. The van der Waals surface area contributed by atoms with E-state index in [1.54, 1.807) is 42.6 Å². The molecule has 1 aromatic heterocycles.